The number of thiophene rings is 3. The number of para-hydroxylation sites is 8. The van der Waals surface area contributed by atoms with Crippen LogP contribution in [0.2, 0.25) is 0 Å². The van der Waals surface area contributed by atoms with Gasteiger partial charge < -0.3 is 19.6 Å². The maximum Gasteiger partial charge on any atom is 0.143 e. The van der Waals surface area contributed by atoms with Crippen LogP contribution in [0.3, 0.4) is 0 Å². The predicted molar refractivity (Wildman–Crippen MR) is 571 cm³/mol. The zero-order valence-electron chi connectivity index (χ0n) is 72.0. The molecule has 136 heavy (non-hydrogen) atoms. The molecular formula is C114H70N16S6. The summed E-state index contributed by atoms with van der Waals surface area (Å²) in [6.45, 7) is 0. The second-order valence-corrected chi connectivity index (χ2v) is 37.1. The molecule has 9 heterocycles. The van der Waals surface area contributed by atoms with Crippen LogP contribution in [0.15, 0.2) is 425 Å². The van der Waals surface area contributed by atoms with Crippen molar-refractivity contribution < 1.29 is 0 Å². The van der Waals surface area contributed by atoms with Crippen molar-refractivity contribution in [1.82, 2.24) is 56.1 Å². The molecule has 18 aromatic carbocycles. The highest BCUT2D eigenvalue weighted by atomic mass is 32.1. The first-order valence-corrected chi connectivity index (χ1v) is 48.9. The van der Waals surface area contributed by atoms with E-state index in [1.54, 1.807) is 34.0 Å². The summed E-state index contributed by atoms with van der Waals surface area (Å²) in [4.78, 5) is 44.1. The topological polar surface area (TPSA) is 168 Å². The molecule has 0 radical (unpaired) electrons. The molecular weight excluding hydrogens is 1790 g/mol. The van der Waals surface area contributed by atoms with Gasteiger partial charge >= 0.3 is 0 Å². The van der Waals surface area contributed by atoms with Crippen LogP contribution in [-0.2, 0) is 0 Å². The third kappa shape index (κ3) is 14.5. The SMILES string of the molecule is c1ccc(-c2c3nsnc3c(-c3ccccc3)c3nc4c(nc23)sc2ccccc24)cc1.c1ccc(N(c2ccccc2)c2c3nsnc3c(N(c3ccccc3)c3ccccc3)c3nc4c(nc23)sc2ccccc24)cc1.c1ccc(N(c2ccccc2)c2ccc(-c3c4nsnc4c(-c4ccc(N(c5ccccc5)c5ccccc5)cc4)c4nc5c(nc34)sc3ccccc35)cc2)cc1. The number of benzene rings is 18. The number of nitrogens with zero attached hydrogens (tertiary/aromatic N) is 16. The lowest BCUT2D eigenvalue weighted by Gasteiger charge is -2.30. The maximum absolute atomic E-state index is 5.51. The fraction of sp³-hybridized carbons (Fsp3) is 0. The number of hydrogen-bond acceptors (Lipinski definition) is 22. The Hall–Kier alpha value is -16.7. The van der Waals surface area contributed by atoms with Crippen molar-refractivity contribution in [2.24, 2.45) is 0 Å². The van der Waals surface area contributed by atoms with Gasteiger partial charge in [0.25, 0.3) is 0 Å². The summed E-state index contributed by atoms with van der Waals surface area (Å²) in [5.74, 6) is 0. The summed E-state index contributed by atoms with van der Waals surface area (Å²) >= 11 is 8.69. The van der Waals surface area contributed by atoms with E-state index in [1.807, 2.05) is 84.9 Å². The van der Waals surface area contributed by atoms with Crippen LogP contribution in [0.1, 0.15) is 0 Å². The molecule has 0 bridgehead atoms. The van der Waals surface area contributed by atoms with Gasteiger partial charge in [0.1, 0.15) is 109 Å². The lowest BCUT2D eigenvalue weighted by atomic mass is 9.94. The Morgan fingerprint density at radius 3 is 0.625 bits per heavy atom. The number of hydrogen-bond donors (Lipinski definition) is 0. The smallest absolute Gasteiger partial charge is 0.143 e. The van der Waals surface area contributed by atoms with E-state index in [-0.39, 0.29) is 0 Å². The van der Waals surface area contributed by atoms with Gasteiger partial charge in [0.2, 0.25) is 0 Å². The summed E-state index contributed by atoms with van der Waals surface area (Å²) in [7, 11) is 0. The first-order valence-electron chi connectivity index (χ1n) is 44.3. The summed E-state index contributed by atoms with van der Waals surface area (Å²) < 4.78 is 32.9. The van der Waals surface area contributed by atoms with E-state index in [1.165, 1.54) is 39.9 Å². The van der Waals surface area contributed by atoms with Gasteiger partial charge in [-0.3, -0.25) is 0 Å². The molecule has 9 aromatic heterocycles. The normalized spacial score (nSPS) is 11.5. The molecule has 0 unspecified atom stereocenters. The Kier molecular flexibility index (Phi) is 21.0. The highest BCUT2D eigenvalue weighted by Crippen LogP contribution is 2.53. The molecule has 0 spiro atoms. The zero-order valence-corrected chi connectivity index (χ0v) is 76.9. The van der Waals surface area contributed by atoms with Crippen molar-refractivity contribution in [2.75, 3.05) is 19.6 Å². The molecule has 0 amide bonds. The largest absolute Gasteiger partial charge is 0.311 e. The van der Waals surface area contributed by atoms with Gasteiger partial charge in [-0.1, -0.05) is 285 Å². The Morgan fingerprint density at radius 2 is 0.346 bits per heavy atom. The number of aromatic nitrogens is 12. The molecule has 642 valence electrons. The summed E-state index contributed by atoms with van der Waals surface area (Å²) in [5, 5.41) is 3.33. The maximum atomic E-state index is 5.51. The molecule has 0 saturated heterocycles. The van der Waals surface area contributed by atoms with Gasteiger partial charge in [-0.15, -0.1) is 34.0 Å². The van der Waals surface area contributed by atoms with Crippen LogP contribution in [0.4, 0.5) is 68.2 Å². The van der Waals surface area contributed by atoms with Gasteiger partial charge in [0.15, 0.2) is 0 Å². The van der Waals surface area contributed by atoms with Crippen molar-refractivity contribution in [3.63, 3.8) is 0 Å². The minimum absolute atomic E-state index is 0.760. The van der Waals surface area contributed by atoms with Crippen LogP contribution in [0.25, 0.3) is 172 Å². The fourth-order valence-corrected chi connectivity index (χ4v) is 23.1. The van der Waals surface area contributed by atoms with Crippen molar-refractivity contribution in [3.05, 3.63) is 425 Å². The molecule has 27 aromatic rings. The van der Waals surface area contributed by atoms with Gasteiger partial charge in [0.05, 0.1) is 35.2 Å². The van der Waals surface area contributed by atoms with Gasteiger partial charge in [-0.25, -0.2) is 29.9 Å². The van der Waals surface area contributed by atoms with Crippen LogP contribution in [0.5, 0.6) is 0 Å². The van der Waals surface area contributed by atoms with Gasteiger partial charge in [-0.2, -0.15) is 26.2 Å². The highest BCUT2D eigenvalue weighted by Gasteiger charge is 2.33. The van der Waals surface area contributed by atoms with E-state index < -0.39 is 0 Å². The molecule has 0 saturated carbocycles. The average molecular weight is 1860 g/mol. The summed E-state index contributed by atoms with van der Waals surface area (Å²) in [6.07, 6.45) is 0. The summed E-state index contributed by atoms with van der Waals surface area (Å²) in [5.41, 5.74) is 32.7. The lowest BCUT2D eigenvalue weighted by Crippen LogP contribution is -2.15. The van der Waals surface area contributed by atoms with Crippen LogP contribution >= 0.6 is 69.2 Å². The fourth-order valence-electron chi connectivity index (χ4n) is 18.4. The number of anilines is 12. The van der Waals surface area contributed by atoms with E-state index in [4.69, 9.17) is 56.1 Å². The monoisotopic (exact) mass is 1850 g/mol. The van der Waals surface area contributed by atoms with Crippen molar-refractivity contribution >= 4 is 265 Å². The Morgan fingerprint density at radius 1 is 0.147 bits per heavy atom. The van der Waals surface area contributed by atoms with Crippen molar-refractivity contribution in [3.8, 4) is 44.5 Å². The minimum atomic E-state index is 0.760. The Balaban J connectivity index is 0.000000113. The molecule has 0 atom stereocenters. The molecule has 27 rings (SSSR count). The standard InChI is InChI=1S/C50H32N6S2.C38H24N6S2.C26H14N4S2/c1-5-15-35(16-6-1)55(36-17-7-2-8-18-36)39-29-25-33(26-30-39)43-46-47(52-50-45(51-46)41-23-13-14-24-42(41)57-50)44(49-48(43)53-58-54-49)34-27-31-40(32-28-34)56(37-19-9-3-10-20-37)38-21-11-4-12-22-38;1-5-15-25(16-6-1)43(26-17-7-2-8-18-26)36-32-33(40-38-31(39-32)29-23-13-14-24-30(29)45-38)37(35-34(36)41-46-42-35)44(27-19-9-3-10-20-27)28-21-11-4-12-22-28;1-3-9-15(10-4-1)19-22-23(28-26-21(27-22)17-13-7-8-14-18(17)31-26)20(16-11-5-2-6-12-16)25-24(19)29-32-30-25/h1-32H;1-24H;1-14H. The second-order valence-electron chi connectivity index (χ2n) is 32.5. The first-order chi connectivity index (χ1) is 67.5. The summed E-state index contributed by atoms with van der Waals surface area (Å²) in [6, 6.07) is 147. The number of fused-ring (bicyclic) bond motifs is 15. The van der Waals surface area contributed by atoms with Crippen LogP contribution < -0.4 is 19.6 Å². The third-order valence-electron chi connectivity index (χ3n) is 24.4. The Labute approximate surface area is 803 Å². The van der Waals surface area contributed by atoms with E-state index >= 15 is 0 Å². The average Bonchev–Trinajstić information content (AvgIpc) is 1.55. The van der Waals surface area contributed by atoms with Gasteiger partial charge in [0, 0.05) is 109 Å². The molecule has 22 heteroatoms. The minimum Gasteiger partial charge on any atom is -0.311 e. The van der Waals surface area contributed by atoms with E-state index in [2.05, 4.69) is 359 Å². The zero-order chi connectivity index (χ0) is 89.9. The van der Waals surface area contributed by atoms with Crippen LogP contribution in [0, 0.1) is 0 Å². The second kappa shape index (κ2) is 35.1. The van der Waals surface area contributed by atoms with Gasteiger partial charge in [-0.05, 0) is 162 Å². The molecule has 0 aliphatic heterocycles. The highest BCUT2D eigenvalue weighted by molar-refractivity contribution is 7.26. The molecule has 16 nitrogen and oxygen atoms in total. The third-order valence-corrected chi connectivity index (χ3v) is 29.2. The first kappa shape index (κ1) is 81.3. The number of rotatable bonds is 16. The van der Waals surface area contributed by atoms with Crippen molar-refractivity contribution in [2.45, 2.75) is 0 Å². The van der Waals surface area contributed by atoms with E-state index in [0.717, 1.165) is 236 Å². The molecule has 0 aliphatic rings. The van der Waals surface area contributed by atoms with E-state index in [9.17, 15) is 0 Å². The predicted octanol–water partition coefficient (Wildman–Crippen LogP) is 32.6. The van der Waals surface area contributed by atoms with E-state index in [0.29, 0.717) is 0 Å². The molecule has 0 aliphatic carbocycles. The molecule has 0 N–H and O–H groups in total. The van der Waals surface area contributed by atoms with Crippen molar-refractivity contribution in [1.29, 1.82) is 0 Å². The quantitative estimate of drug-likeness (QED) is 0.0837. The molecule has 0 fully saturated rings. The Bertz CT molecular complexity index is 8950. The van der Waals surface area contributed by atoms with Crippen LogP contribution in [-0.4, -0.2) is 56.1 Å². The lowest BCUT2D eigenvalue weighted by molar-refractivity contribution is 1.26.